The molecule has 4 heterocycles. The van der Waals surface area contributed by atoms with Gasteiger partial charge in [-0.25, -0.2) is 0 Å². The fourth-order valence-electron chi connectivity index (χ4n) is 5.84. The Hall–Kier alpha value is -2.83. The van der Waals surface area contributed by atoms with Gasteiger partial charge < -0.3 is 19.2 Å². The lowest BCUT2D eigenvalue weighted by Crippen LogP contribution is -2.56. The van der Waals surface area contributed by atoms with Crippen molar-refractivity contribution in [2.45, 2.75) is 46.2 Å². The van der Waals surface area contributed by atoms with Gasteiger partial charge in [-0.3, -0.25) is 9.69 Å². The molecule has 6 nitrogen and oxygen atoms in total. The molecule has 0 atom stereocenters. The molecule has 0 saturated carbocycles. The first-order valence-corrected chi connectivity index (χ1v) is 12.7. The quantitative estimate of drug-likeness (QED) is 0.485. The Morgan fingerprint density at radius 3 is 2.47 bits per heavy atom. The first kappa shape index (κ1) is 21.7. The van der Waals surface area contributed by atoms with Crippen LogP contribution in [0.25, 0.3) is 32.8 Å². The number of hydrogen-bond donors (Lipinski definition) is 1. The number of piperazine rings is 1. The number of aromatic amines is 1. The third kappa shape index (κ3) is 3.27. The van der Waals surface area contributed by atoms with E-state index < -0.39 is 0 Å². The Balaban J connectivity index is 1.54. The highest BCUT2D eigenvalue weighted by Gasteiger charge is 2.30. The number of nitrogens with one attached hydrogen (secondary N) is 1. The van der Waals surface area contributed by atoms with Crippen molar-refractivity contribution in [3.05, 3.63) is 51.7 Å². The van der Waals surface area contributed by atoms with E-state index in [9.17, 15) is 4.79 Å². The van der Waals surface area contributed by atoms with Crippen molar-refractivity contribution >= 4 is 38.5 Å². The fraction of sp³-hybridized carbons (Fsp3) is 0.464. The second kappa shape index (κ2) is 8.14. The Morgan fingerprint density at radius 2 is 1.82 bits per heavy atom. The summed E-state index contributed by atoms with van der Waals surface area (Å²) >= 11 is 0. The molecule has 4 aromatic rings. The molecule has 0 spiro atoms. The van der Waals surface area contributed by atoms with Gasteiger partial charge in [0, 0.05) is 54.2 Å². The molecule has 2 aromatic heterocycles. The monoisotopic (exact) mass is 458 g/mol. The lowest BCUT2D eigenvalue weighted by Gasteiger charge is -2.43. The average Bonchev–Trinajstić information content (AvgIpc) is 3.16. The second-order valence-electron chi connectivity index (χ2n) is 10.3. The molecular formula is C28H34N4O2. The molecule has 0 bridgehead atoms. The highest BCUT2D eigenvalue weighted by atomic mass is 16.5. The van der Waals surface area contributed by atoms with E-state index in [0.717, 1.165) is 78.7 Å². The highest BCUT2D eigenvalue weighted by Crippen LogP contribution is 2.33. The van der Waals surface area contributed by atoms with E-state index in [2.05, 4.69) is 77.4 Å². The lowest BCUT2D eigenvalue weighted by atomic mass is 10.0. The second-order valence-corrected chi connectivity index (χ2v) is 10.3. The molecule has 178 valence electrons. The van der Waals surface area contributed by atoms with Gasteiger partial charge in [0.1, 0.15) is 5.65 Å². The number of benzene rings is 2. The van der Waals surface area contributed by atoms with E-state index in [1.165, 1.54) is 16.8 Å². The molecule has 2 saturated heterocycles. The third-order valence-electron chi connectivity index (χ3n) is 7.79. The van der Waals surface area contributed by atoms with Crippen molar-refractivity contribution < 1.29 is 4.74 Å². The van der Waals surface area contributed by atoms with Crippen LogP contribution in [0.4, 0.5) is 5.69 Å². The molecular weight excluding hydrogens is 424 g/mol. The molecule has 0 amide bonds. The van der Waals surface area contributed by atoms with Crippen molar-refractivity contribution in [2.75, 3.05) is 44.3 Å². The summed E-state index contributed by atoms with van der Waals surface area (Å²) in [5, 5.41) is 2.65. The fourth-order valence-corrected chi connectivity index (χ4v) is 5.84. The summed E-state index contributed by atoms with van der Waals surface area (Å²) in [6, 6.07) is 11.6. The predicted molar refractivity (Wildman–Crippen MR) is 140 cm³/mol. The average molecular weight is 459 g/mol. The minimum Gasteiger partial charge on any atom is -0.378 e. The van der Waals surface area contributed by atoms with Crippen LogP contribution in [0.2, 0.25) is 0 Å². The topological polar surface area (TPSA) is 53.5 Å². The summed E-state index contributed by atoms with van der Waals surface area (Å²) in [6.07, 6.45) is 0.911. The molecule has 1 N–H and O–H groups in total. The van der Waals surface area contributed by atoms with Gasteiger partial charge in [0.15, 0.2) is 5.43 Å². The number of fused-ring (bicyclic) bond motifs is 4. The largest absolute Gasteiger partial charge is 0.378 e. The SMILES string of the molecule is CCc1cc2c(=O)c3c4ccc(C)cc4[nH]c3n(C(C)C)c2cc1N1CCN(C2COC2)CC1. The number of anilines is 1. The first-order chi connectivity index (χ1) is 16.5. The summed E-state index contributed by atoms with van der Waals surface area (Å²) < 4.78 is 7.73. The van der Waals surface area contributed by atoms with E-state index in [-0.39, 0.29) is 11.5 Å². The molecule has 2 aromatic carbocycles. The smallest absolute Gasteiger partial charge is 0.199 e. The van der Waals surface area contributed by atoms with Gasteiger partial charge in [-0.15, -0.1) is 0 Å². The zero-order valence-electron chi connectivity index (χ0n) is 20.6. The Kier molecular flexibility index (Phi) is 5.19. The molecule has 0 radical (unpaired) electrons. The molecule has 34 heavy (non-hydrogen) atoms. The molecule has 2 fully saturated rings. The lowest BCUT2D eigenvalue weighted by molar-refractivity contribution is -0.0660. The van der Waals surface area contributed by atoms with Crippen molar-refractivity contribution in [1.29, 1.82) is 0 Å². The standard InChI is InChI=1S/C28H34N4O2/c1-5-19-13-22-25(14-24(19)31-10-8-30(9-11-31)20-15-34-16-20)32(17(2)3)28-26(27(22)33)21-7-6-18(4)12-23(21)29-28/h6-7,12-14,17,20,29H,5,8-11,15-16H2,1-4H3. The van der Waals surface area contributed by atoms with Crippen molar-refractivity contribution in [3.63, 3.8) is 0 Å². The minimum atomic E-state index is 0.132. The highest BCUT2D eigenvalue weighted by molar-refractivity contribution is 6.10. The van der Waals surface area contributed by atoms with E-state index in [4.69, 9.17) is 4.74 Å². The van der Waals surface area contributed by atoms with Gasteiger partial charge in [0.25, 0.3) is 0 Å². The summed E-state index contributed by atoms with van der Waals surface area (Å²) in [6.45, 7) is 14.6. The maximum absolute atomic E-state index is 13.9. The van der Waals surface area contributed by atoms with Crippen LogP contribution in [0.5, 0.6) is 0 Å². The summed E-state index contributed by atoms with van der Waals surface area (Å²) in [5.41, 5.74) is 6.85. The molecule has 2 aliphatic heterocycles. The minimum absolute atomic E-state index is 0.132. The number of H-pyrrole nitrogens is 1. The van der Waals surface area contributed by atoms with E-state index in [0.29, 0.717) is 6.04 Å². The summed E-state index contributed by atoms with van der Waals surface area (Å²) in [4.78, 5) is 22.5. The van der Waals surface area contributed by atoms with E-state index in [1.807, 2.05) is 0 Å². The van der Waals surface area contributed by atoms with Crippen LogP contribution in [0.15, 0.2) is 35.1 Å². The van der Waals surface area contributed by atoms with Gasteiger partial charge in [0.2, 0.25) is 0 Å². The zero-order valence-corrected chi connectivity index (χ0v) is 20.6. The Bertz CT molecular complexity index is 1450. The van der Waals surface area contributed by atoms with Gasteiger partial charge in [-0.05, 0) is 56.5 Å². The summed E-state index contributed by atoms with van der Waals surface area (Å²) in [5.74, 6) is 0. The van der Waals surface area contributed by atoms with E-state index >= 15 is 0 Å². The van der Waals surface area contributed by atoms with Crippen LogP contribution in [-0.2, 0) is 11.2 Å². The van der Waals surface area contributed by atoms with Crippen molar-refractivity contribution in [3.8, 4) is 0 Å². The van der Waals surface area contributed by atoms with Gasteiger partial charge in [0.05, 0.1) is 30.2 Å². The van der Waals surface area contributed by atoms with Gasteiger partial charge >= 0.3 is 0 Å². The maximum atomic E-state index is 13.9. The van der Waals surface area contributed by atoms with Crippen LogP contribution in [0.1, 0.15) is 37.9 Å². The summed E-state index contributed by atoms with van der Waals surface area (Å²) in [7, 11) is 0. The number of pyridine rings is 1. The number of aryl methyl sites for hydroxylation is 2. The number of ether oxygens (including phenoxy) is 1. The van der Waals surface area contributed by atoms with Crippen LogP contribution in [0, 0.1) is 6.92 Å². The third-order valence-corrected chi connectivity index (χ3v) is 7.79. The van der Waals surface area contributed by atoms with Crippen LogP contribution in [-0.4, -0.2) is 59.9 Å². The number of nitrogens with zero attached hydrogens (tertiary/aromatic N) is 3. The van der Waals surface area contributed by atoms with E-state index in [1.54, 1.807) is 0 Å². The van der Waals surface area contributed by atoms with Crippen LogP contribution >= 0.6 is 0 Å². The molecule has 0 aliphatic carbocycles. The maximum Gasteiger partial charge on any atom is 0.199 e. The Morgan fingerprint density at radius 1 is 1.06 bits per heavy atom. The molecule has 6 heteroatoms. The van der Waals surface area contributed by atoms with Crippen LogP contribution in [0.3, 0.4) is 0 Å². The van der Waals surface area contributed by atoms with Crippen molar-refractivity contribution in [2.24, 2.45) is 0 Å². The zero-order chi connectivity index (χ0) is 23.6. The van der Waals surface area contributed by atoms with Crippen molar-refractivity contribution in [1.82, 2.24) is 14.5 Å². The van der Waals surface area contributed by atoms with Crippen LogP contribution < -0.4 is 10.3 Å². The predicted octanol–water partition coefficient (Wildman–Crippen LogP) is 4.61. The van der Waals surface area contributed by atoms with Gasteiger partial charge in [-0.1, -0.05) is 19.1 Å². The number of aromatic nitrogens is 2. The molecule has 0 unspecified atom stereocenters. The number of hydrogen-bond acceptors (Lipinski definition) is 4. The normalized spacial score (nSPS) is 18.0. The molecule has 6 rings (SSSR count). The number of rotatable bonds is 4. The van der Waals surface area contributed by atoms with Gasteiger partial charge in [-0.2, -0.15) is 0 Å². The first-order valence-electron chi connectivity index (χ1n) is 12.7. The Labute approximate surface area is 200 Å². The molecule has 2 aliphatic rings.